The largest absolute Gasteiger partial charge is 0.349 e. The van der Waals surface area contributed by atoms with E-state index >= 15 is 0 Å². The maximum absolute atomic E-state index is 4.99. The molecule has 26 valence electrons. The Balaban J connectivity index is 1.97. The molecule has 0 saturated heterocycles. The van der Waals surface area contributed by atoms with E-state index in [9.17, 15) is 0 Å². The van der Waals surface area contributed by atoms with Crippen LogP contribution in [0.15, 0.2) is 0 Å². The standard InChI is InChI=1S/CH4ClOP/c1-3-4-2/h4H,1H3. The minimum absolute atomic E-state index is 0.113. The molecule has 0 heterocycles. The van der Waals surface area contributed by atoms with Gasteiger partial charge in [-0.15, -0.1) is 0 Å². The molecular formula is CH4ClOP. The monoisotopic (exact) mass is 98.0 g/mol. The second-order valence-corrected chi connectivity index (χ2v) is 1.31. The summed E-state index contributed by atoms with van der Waals surface area (Å²) in [5.74, 6) is 0. The third kappa shape index (κ3) is 2.68. The molecule has 0 N–H and O–H groups in total. The van der Waals surface area contributed by atoms with Gasteiger partial charge in [-0.05, 0) is 0 Å². The van der Waals surface area contributed by atoms with Gasteiger partial charge in [0.05, 0.1) is 0 Å². The lowest BCUT2D eigenvalue weighted by Gasteiger charge is -1.73. The van der Waals surface area contributed by atoms with Gasteiger partial charge in [-0.1, -0.05) is 11.2 Å². The van der Waals surface area contributed by atoms with Crippen molar-refractivity contribution in [2.45, 2.75) is 0 Å². The highest BCUT2D eigenvalue weighted by Crippen LogP contribution is 2.13. The Bertz CT molecular complexity index is 10.0. The quantitative estimate of drug-likeness (QED) is 0.450. The zero-order valence-corrected chi connectivity index (χ0v) is 4.04. The summed E-state index contributed by atoms with van der Waals surface area (Å²) in [7, 11) is 1.67. The lowest BCUT2D eigenvalue weighted by atomic mass is 11.8. The summed E-state index contributed by atoms with van der Waals surface area (Å²) in [4.78, 5) is 0. The molecule has 0 aliphatic heterocycles. The van der Waals surface area contributed by atoms with Crippen molar-refractivity contribution in [3.8, 4) is 0 Å². The smallest absolute Gasteiger partial charge is 0.109 e. The van der Waals surface area contributed by atoms with E-state index in [0.717, 1.165) is 0 Å². The van der Waals surface area contributed by atoms with Crippen LogP contribution < -0.4 is 0 Å². The molecule has 1 nitrogen and oxygen atoms in total. The van der Waals surface area contributed by atoms with E-state index in [2.05, 4.69) is 4.52 Å². The Morgan fingerprint density at radius 3 is 2.25 bits per heavy atom. The third-order valence-corrected chi connectivity index (χ3v) is 0.694. The Labute approximate surface area is 31.9 Å². The van der Waals surface area contributed by atoms with Crippen LogP contribution in [-0.4, -0.2) is 7.11 Å². The average Bonchev–Trinajstić information content (AvgIpc) is 1.37. The molecule has 0 radical (unpaired) electrons. The fraction of sp³-hybridized carbons (Fsp3) is 1.00. The van der Waals surface area contributed by atoms with Gasteiger partial charge in [0.2, 0.25) is 0 Å². The normalized spacial score (nSPS) is 10.5. The molecule has 0 aromatic rings. The fourth-order valence-corrected chi connectivity index (χ4v) is 0. The van der Waals surface area contributed by atoms with Crippen LogP contribution in [0.3, 0.4) is 0 Å². The second-order valence-electron chi connectivity index (χ2n) is 0.281. The van der Waals surface area contributed by atoms with Crippen LogP contribution in [-0.2, 0) is 4.52 Å². The molecule has 1 unspecified atom stereocenters. The van der Waals surface area contributed by atoms with Crippen molar-refractivity contribution in [1.29, 1.82) is 0 Å². The molecule has 0 aliphatic rings. The number of hydrogen-bond donors (Lipinski definition) is 0. The lowest BCUT2D eigenvalue weighted by molar-refractivity contribution is 0.484. The predicted octanol–water partition coefficient (Wildman–Crippen LogP) is 1.38. The molecule has 0 rings (SSSR count). The van der Waals surface area contributed by atoms with Gasteiger partial charge in [0.15, 0.2) is 0 Å². The van der Waals surface area contributed by atoms with Crippen molar-refractivity contribution >= 4 is 19.4 Å². The van der Waals surface area contributed by atoms with E-state index in [1.54, 1.807) is 7.11 Å². The van der Waals surface area contributed by atoms with Crippen LogP contribution >= 0.6 is 19.4 Å². The first-order valence-corrected chi connectivity index (χ1v) is 2.72. The van der Waals surface area contributed by atoms with E-state index < -0.39 is 0 Å². The highest BCUT2D eigenvalue weighted by Gasteiger charge is 1.55. The Morgan fingerprint density at radius 2 is 2.25 bits per heavy atom. The van der Waals surface area contributed by atoms with Gasteiger partial charge >= 0.3 is 0 Å². The molecule has 1 atom stereocenters. The summed E-state index contributed by atoms with van der Waals surface area (Å²) in [6, 6.07) is 0. The molecule has 0 aromatic carbocycles. The first-order chi connectivity index (χ1) is 1.91. The molecule has 0 aliphatic carbocycles. The third-order valence-electron chi connectivity index (χ3n) is 0.0772. The van der Waals surface area contributed by atoms with Gasteiger partial charge in [-0.2, -0.15) is 0 Å². The zero-order chi connectivity index (χ0) is 3.41. The molecule has 3 heteroatoms. The summed E-state index contributed by atoms with van der Waals surface area (Å²) in [5.41, 5.74) is 0. The van der Waals surface area contributed by atoms with E-state index in [4.69, 9.17) is 11.2 Å². The zero-order valence-electron chi connectivity index (χ0n) is 2.29. The van der Waals surface area contributed by atoms with Crippen LogP contribution in [0.5, 0.6) is 0 Å². The topological polar surface area (TPSA) is 9.23 Å². The Hall–Kier alpha value is 0.680. The molecule has 0 amide bonds. The van der Waals surface area contributed by atoms with Crippen molar-refractivity contribution in [2.75, 3.05) is 7.11 Å². The number of halogens is 1. The second kappa shape index (κ2) is 3.68. The lowest BCUT2D eigenvalue weighted by Crippen LogP contribution is -1.43. The van der Waals surface area contributed by atoms with Crippen molar-refractivity contribution in [3.63, 3.8) is 0 Å². The first-order valence-electron chi connectivity index (χ1n) is 0.801. The minimum Gasteiger partial charge on any atom is -0.349 e. The maximum Gasteiger partial charge on any atom is 0.109 e. The predicted molar refractivity (Wildman–Crippen MR) is 21.2 cm³/mol. The van der Waals surface area contributed by atoms with Gasteiger partial charge in [-0.3, -0.25) is 0 Å². The van der Waals surface area contributed by atoms with E-state index in [-0.39, 0.29) is 8.16 Å². The van der Waals surface area contributed by atoms with Crippen LogP contribution in [0, 0.1) is 0 Å². The minimum atomic E-state index is 0.113. The Morgan fingerprint density at radius 1 is 2.00 bits per heavy atom. The van der Waals surface area contributed by atoms with Crippen molar-refractivity contribution in [2.24, 2.45) is 0 Å². The van der Waals surface area contributed by atoms with Gasteiger partial charge in [-0.25, -0.2) is 0 Å². The van der Waals surface area contributed by atoms with Crippen LogP contribution in [0.2, 0.25) is 0 Å². The summed E-state index contributed by atoms with van der Waals surface area (Å²) in [6.45, 7) is 0. The van der Waals surface area contributed by atoms with Gasteiger partial charge < -0.3 is 4.52 Å². The van der Waals surface area contributed by atoms with Crippen molar-refractivity contribution in [3.05, 3.63) is 0 Å². The molecule has 0 fully saturated rings. The van der Waals surface area contributed by atoms with E-state index in [1.807, 2.05) is 0 Å². The van der Waals surface area contributed by atoms with Crippen molar-refractivity contribution < 1.29 is 4.52 Å². The summed E-state index contributed by atoms with van der Waals surface area (Å²) < 4.78 is 4.33. The molecule has 0 spiro atoms. The van der Waals surface area contributed by atoms with Crippen LogP contribution in [0.1, 0.15) is 0 Å². The first kappa shape index (κ1) is 4.68. The SMILES string of the molecule is COPCl. The maximum atomic E-state index is 4.99. The summed E-state index contributed by atoms with van der Waals surface area (Å²) >= 11 is 4.99. The Kier molecular flexibility index (Phi) is 4.31. The van der Waals surface area contributed by atoms with Crippen LogP contribution in [0.4, 0.5) is 0 Å². The fourth-order valence-electron chi connectivity index (χ4n) is 0. The highest BCUT2D eigenvalue weighted by molar-refractivity contribution is 7.64. The number of hydrogen-bond acceptors (Lipinski definition) is 1. The van der Waals surface area contributed by atoms with Crippen LogP contribution in [0.25, 0.3) is 0 Å². The molecule has 0 bridgehead atoms. The number of rotatable bonds is 1. The summed E-state index contributed by atoms with van der Waals surface area (Å²) in [5, 5.41) is 0. The van der Waals surface area contributed by atoms with Crippen molar-refractivity contribution in [1.82, 2.24) is 0 Å². The average molecular weight is 98.5 g/mol. The van der Waals surface area contributed by atoms with Gasteiger partial charge in [0, 0.05) is 7.11 Å². The van der Waals surface area contributed by atoms with Gasteiger partial charge in [0.25, 0.3) is 0 Å². The molecule has 4 heavy (non-hydrogen) atoms. The highest BCUT2D eigenvalue weighted by atomic mass is 35.7. The molecule has 0 saturated carbocycles. The molecular weight excluding hydrogens is 94.4 g/mol. The van der Waals surface area contributed by atoms with E-state index in [0.29, 0.717) is 0 Å². The van der Waals surface area contributed by atoms with E-state index in [1.165, 1.54) is 0 Å². The van der Waals surface area contributed by atoms with Gasteiger partial charge in [0.1, 0.15) is 8.16 Å². The summed E-state index contributed by atoms with van der Waals surface area (Å²) in [6.07, 6.45) is 0. The molecule has 0 aromatic heterocycles.